The van der Waals surface area contributed by atoms with Crippen LogP contribution in [0.3, 0.4) is 0 Å². The number of halogens is 4. The summed E-state index contributed by atoms with van der Waals surface area (Å²) in [5, 5.41) is -0.0372. The van der Waals surface area contributed by atoms with Crippen LogP contribution in [0.15, 0.2) is 35.3 Å². The van der Waals surface area contributed by atoms with Gasteiger partial charge in [0.05, 0.1) is 22.1 Å². The summed E-state index contributed by atoms with van der Waals surface area (Å²) in [5.41, 5.74) is 8.21. The summed E-state index contributed by atoms with van der Waals surface area (Å²) >= 11 is 5.96. The number of aliphatic imine (C=N–C) groups is 1. The van der Waals surface area contributed by atoms with Gasteiger partial charge in [-0.3, -0.25) is 4.99 Å². The zero-order chi connectivity index (χ0) is 18.9. The number of nitrogens with two attached hydrogens (primary N) is 1. The summed E-state index contributed by atoms with van der Waals surface area (Å²) in [6.45, 7) is -2.97. The van der Waals surface area contributed by atoms with Gasteiger partial charge >= 0.3 is 6.61 Å². The molecule has 27 heavy (non-hydrogen) atoms. The molecule has 0 radical (unpaired) electrons. The molecule has 3 aromatic rings. The average molecular weight is 393 g/mol. The lowest BCUT2D eigenvalue weighted by Crippen LogP contribution is -2.20. The Morgan fingerprint density at radius 3 is 2.89 bits per heavy atom. The van der Waals surface area contributed by atoms with Crippen molar-refractivity contribution in [3.05, 3.63) is 58.1 Å². The number of imidazole rings is 1. The number of hydrogen-bond donors (Lipinski definition) is 1. The number of amidine groups is 1. The van der Waals surface area contributed by atoms with E-state index in [-0.39, 0.29) is 28.7 Å². The zero-order valence-electron chi connectivity index (χ0n) is 13.7. The monoisotopic (exact) mass is 392 g/mol. The maximum Gasteiger partial charge on any atom is 0.387 e. The summed E-state index contributed by atoms with van der Waals surface area (Å²) in [6, 6.07) is 6.79. The van der Waals surface area contributed by atoms with E-state index in [1.165, 1.54) is 18.2 Å². The van der Waals surface area contributed by atoms with E-state index in [2.05, 4.69) is 9.98 Å². The third-order valence-electron chi connectivity index (χ3n) is 5.00. The van der Waals surface area contributed by atoms with E-state index >= 15 is 0 Å². The number of rotatable bonds is 2. The van der Waals surface area contributed by atoms with Gasteiger partial charge in [0, 0.05) is 23.6 Å². The van der Waals surface area contributed by atoms with Crippen LogP contribution < -0.4 is 10.5 Å². The molecule has 0 fully saturated rings. The SMILES string of the molecule is NC1=NC2CC(c3c(OC(F)F)cccc31)n1c2nc2cc(F)c(Cl)cc21. The highest BCUT2D eigenvalue weighted by molar-refractivity contribution is 6.31. The quantitative estimate of drug-likeness (QED) is 0.711. The summed E-state index contributed by atoms with van der Waals surface area (Å²) in [5.74, 6) is 0.292. The predicted octanol–water partition coefficient (Wildman–Crippen LogP) is 4.18. The molecule has 2 bridgehead atoms. The molecule has 2 aliphatic rings. The van der Waals surface area contributed by atoms with Crippen molar-refractivity contribution in [1.29, 1.82) is 0 Å². The van der Waals surface area contributed by atoms with Gasteiger partial charge in [0.2, 0.25) is 0 Å². The van der Waals surface area contributed by atoms with Crippen molar-refractivity contribution in [3.63, 3.8) is 0 Å². The molecule has 2 N–H and O–H groups in total. The Labute approximate surface area is 156 Å². The zero-order valence-corrected chi connectivity index (χ0v) is 14.4. The van der Waals surface area contributed by atoms with E-state index in [1.54, 1.807) is 12.1 Å². The van der Waals surface area contributed by atoms with Gasteiger partial charge in [-0.2, -0.15) is 8.78 Å². The number of aromatic nitrogens is 2. The molecule has 9 heteroatoms. The van der Waals surface area contributed by atoms with Crippen LogP contribution in [0.2, 0.25) is 5.02 Å². The highest BCUT2D eigenvalue weighted by atomic mass is 35.5. The van der Waals surface area contributed by atoms with Crippen molar-refractivity contribution in [1.82, 2.24) is 9.55 Å². The van der Waals surface area contributed by atoms with Gasteiger partial charge in [0.1, 0.15) is 29.3 Å². The minimum Gasteiger partial charge on any atom is -0.434 e. The second-order valence-electron chi connectivity index (χ2n) is 6.47. The Hall–Kier alpha value is -2.74. The van der Waals surface area contributed by atoms with Crippen molar-refractivity contribution in [2.75, 3.05) is 0 Å². The minimum absolute atomic E-state index is 0.0363. The van der Waals surface area contributed by atoms with Gasteiger partial charge in [-0.05, 0) is 12.1 Å². The molecule has 0 saturated carbocycles. The van der Waals surface area contributed by atoms with Crippen LogP contribution in [0.5, 0.6) is 5.75 Å². The van der Waals surface area contributed by atoms with Crippen molar-refractivity contribution in [2.45, 2.75) is 25.1 Å². The van der Waals surface area contributed by atoms with Crippen LogP contribution in [-0.4, -0.2) is 22.0 Å². The van der Waals surface area contributed by atoms with Crippen LogP contribution in [0, 0.1) is 5.82 Å². The molecular weight excluding hydrogens is 381 g/mol. The molecule has 0 aliphatic carbocycles. The third-order valence-corrected chi connectivity index (χ3v) is 5.29. The molecule has 1 aromatic heterocycles. The molecule has 2 unspecified atom stereocenters. The van der Waals surface area contributed by atoms with E-state index in [4.69, 9.17) is 22.1 Å². The lowest BCUT2D eigenvalue weighted by atomic mass is 9.97. The fourth-order valence-electron chi connectivity index (χ4n) is 4.00. The van der Waals surface area contributed by atoms with Crippen LogP contribution in [0.1, 0.15) is 35.5 Å². The summed E-state index contributed by atoms with van der Waals surface area (Å²) in [4.78, 5) is 9.01. The van der Waals surface area contributed by atoms with Crippen LogP contribution in [0.4, 0.5) is 13.2 Å². The molecule has 2 aliphatic heterocycles. The molecule has 5 nitrogen and oxygen atoms in total. The van der Waals surface area contributed by atoms with Gasteiger partial charge in [-0.25, -0.2) is 9.37 Å². The van der Waals surface area contributed by atoms with E-state index in [0.717, 1.165) is 0 Å². The van der Waals surface area contributed by atoms with Gasteiger partial charge in [-0.1, -0.05) is 23.7 Å². The molecular formula is C18H12ClF3N4O. The number of hydrogen-bond acceptors (Lipinski definition) is 4. The Kier molecular flexibility index (Phi) is 3.42. The Morgan fingerprint density at radius 2 is 2.11 bits per heavy atom. The van der Waals surface area contributed by atoms with Crippen LogP contribution in [0.25, 0.3) is 11.0 Å². The maximum atomic E-state index is 13.9. The van der Waals surface area contributed by atoms with Gasteiger partial charge in [0.25, 0.3) is 0 Å². The normalized spacial score (nSPS) is 20.4. The molecule has 3 heterocycles. The van der Waals surface area contributed by atoms with E-state index < -0.39 is 12.4 Å². The number of nitrogens with zero attached hydrogens (tertiary/aromatic N) is 3. The molecule has 0 spiro atoms. The van der Waals surface area contributed by atoms with E-state index in [1.807, 2.05) is 4.57 Å². The second kappa shape index (κ2) is 5.63. The summed E-state index contributed by atoms with van der Waals surface area (Å²) in [7, 11) is 0. The highest BCUT2D eigenvalue weighted by Gasteiger charge is 2.40. The first-order valence-electron chi connectivity index (χ1n) is 8.22. The number of fused-ring (bicyclic) bond motifs is 9. The third kappa shape index (κ3) is 2.32. The Morgan fingerprint density at radius 1 is 1.30 bits per heavy atom. The van der Waals surface area contributed by atoms with Gasteiger partial charge < -0.3 is 15.0 Å². The highest BCUT2D eigenvalue weighted by Crippen LogP contribution is 2.48. The average Bonchev–Trinajstić information content (AvgIpc) is 3.07. The van der Waals surface area contributed by atoms with Crippen molar-refractivity contribution in [3.8, 4) is 5.75 Å². The second-order valence-corrected chi connectivity index (χ2v) is 6.88. The lowest BCUT2D eigenvalue weighted by molar-refractivity contribution is -0.0506. The first-order valence-corrected chi connectivity index (χ1v) is 8.60. The summed E-state index contributed by atoms with van der Waals surface area (Å²) in [6.07, 6.45) is 0.491. The number of ether oxygens (including phenoxy) is 1. The first kappa shape index (κ1) is 16.4. The first-order chi connectivity index (χ1) is 12.9. The molecule has 2 atom stereocenters. The molecule has 0 amide bonds. The van der Waals surface area contributed by atoms with Crippen LogP contribution >= 0.6 is 11.6 Å². The molecule has 138 valence electrons. The molecule has 0 saturated heterocycles. The van der Waals surface area contributed by atoms with Crippen molar-refractivity contribution >= 4 is 28.5 Å². The van der Waals surface area contributed by atoms with Gasteiger partial charge in [0.15, 0.2) is 0 Å². The lowest BCUT2D eigenvalue weighted by Gasteiger charge is -2.21. The summed E-state index contributed by atoms with van der Waals surface area (Å²) < 4.78 is 46.4. The predicted molar refractivity (Wildman–Crippen MR) is 94.0 cm³/mol. The van der Waals surface area contributed by atoms with Crippen molar-refractivity contribution < 1.29 is 17.9 Å². The fraction of sp³-hybridized carbons (Fsp3) is 0.222. The van der Waals surface area contributed by atoms with E-state index in [9.17, 15) is 13.2 Å². The number of alkyl halides is 2. The molecule has 2 aromatic carbocycles. The largest absolute Gasteiger partial charge is 0.434 e. The topological polar surface area (TPSA) is 65.4 Å². The maximum absolute atomic E-state index is 13.9. The van der Waals surface area contributed by atoms with Gasteiger partial charge in [-0.15, -0.1) is 0 Å². The smallest absolute Gasteiger partial charge is 0.387 e. The van der Waals surface area contributed by atoms with Crippen LogP contribution in [-0.2, 0) is 0 Å². The standard InChI is InChI=1S/C18H12ClF3N4O/c19-8-4-12-10(5-9(8)20)25-17-11-6-13(26(12)17)15-7(16(23)24-11)2-1-3-14(15)27-18(21)22/h1-5,11,13,18H,6H2,(H2,23,24). The fourth-order valence-corrected chi connectivity index (χ4v) is 4.16. The Balaban J connectivity index is 1.81. The minimum atomic E-state index is -2.97. The van der Waals surface area contributed by atoms with Crippen molar-refractivity contribution in [2.24, 2.45) is 10.7 Å². The Bertz CT molecular complexity index is 1130. The van der Waals surface area contributed by atoms with E-state index in [0.29, 0.717) is 34.4 Å². The number of benzene rings is 2. The molecule has 5 rings (SSSR count).